The van der Waals surface area contributed by atoms with Crippen LogP contribution in [0.2, 0.25) is 0 Å². The molecule has 0 unspecified atom stereocenters. The van der Waals surface area contributed by atoms with Gasteiger partial charge in [-0.25, -0.2) is 27.2 Å². The molecule has 0 aliphatic heterocycles. The third-order valence-corrected chi connectivity index (χ3v) is 5.22. The minimum atomic E-state index is -3.04. The van der Waals surface area contributed by atoms with Crippen LogP contribution in [-0.4, -0.2) is 20.7 Å². The van der Waals surface area contributed by atoms with Gasteiger partial charge >= 0.3 is 0 Å². The van der Waals surface area contributed by atoms with Crippen molar-refractivity contribution in [2.75, 3.05) is 4.90 Å². The summed E-state index contributed by atoms with van der Waals surface area (Å²) in [5.41, 5.74) is 0.187. The number of halogens is 4. The first-order valence-electron chi connectivity index (χ1n) is 10.2. The van der Waals surface area contributed by atoms with Crippen LogP contribution in [-0.2, 0) is 17.9 Å². The molecule has 2 aromatic carbocycles. The lowest BCUT2D eigenvalue weighted by Crippen LogP contribution is -2.33. The van der Waals surface area contributed by atoms with E-state index >= 15 is 0 Å². The molecule has 0 bridgehead atoms. The van der Waals surface area contributed by atoms with Crippen molar-refractivity contribution in [1.29, 1.82) is 0 Å². The Bertz CT molecular complexity index is 1260. The van der Waals surface area contributed by atoms with E-state index in [-0.39, 0.29) is 29.8 Å². The maximum absolute atomic E-state index is 13.6. The van der Waals surface area contributed by atoms with Crippen LogP contribution in [0.1, 0.15) is 35.4 Å². The highest BCUT2D eigenvalue weighted by atomic mass is 19.3. The SMILES string of the molecule is Cc1nn(CC(=O)N(Cc2ccccc2)c2ccccc2)c2nc(C(F)F)cc(C(F)F)c12. The number of amides is 1. The zero-order chi connectivity index (χ0) is 23.5. The zero-order valence-corrected chi connectivity index (χ0v) is 17.6. The van der Waals surface area contributed by atoms with Crippen molar-refractivity contribution in [1.82, 2.24) is 14.8 Å². The Balaban J connectivity index is 1.74. The largest absolute Gasteiger partial charge is 0.306 e. The summed E-state index contributed by atoms with van der Waals surface area (Å²) in [4.78, 5) is 18.7. The summed E-state index contributed by atoms with van der Waals surface area (Å²) in [6.45, 7) is 1.39. The van der Waals surface area contributed by atoms with Gasteiger partial charge in [0.05, 0.1) is 17.6 Å². The lowest BCUT2D eigenvalue weighted by molar-refractivity contribution is -0.119. The first kappa shape index (κ1) is 22.4. The lowest BCUT2D eigenvalue weighted by Gasteiger charge is -2.23. The number of hydrogen-bond donors (Lipinski definition) is 0. The van der Waals surface area contributed by atoms with Crippen LogP contribution < -0.4 is 4.90 Å². The van der Waals surface area contributed by atoms with Crippen molar-refractivity contribution >= 4 is 22.6 Å². The molecule has 5 nitrogen and oxygen atoms in total. The van der Waals surface area contributed by atoms with Gasteiger partial charge in [0, 0.05) is 11.3 Å². The van der Waals surface area contributed by atoms with Crippen molar-refractivity contribution in [3.63, 3.8) is 0 Å². The van der Waals surface area contributed by atoms with Crippen LogP contribution in [0.5, 0.6) is 0 Å². The number of benzene rings is 2. The number of pyridine rings is 1. The van der Waals surface area contributed by atoms with Gasteiger partial charge in [-0.15, -0.1) is 0 Å². The van der Waals surface area contributed by atoms with E-state index in [4.69, 9.17) is 0 Å². The molecule has 0 aliphatic rings. The van der Waals surface area contributed by atoms with Gasteiger partial charge in [0.1, 0.15) is 12.2 Å². The molecule has 0 saturated heterocycles. The molecule has 4 aromatic rings. The van der Waals surface area contributed by atoms with Gasteiger partial charge in [-0.2, -0.15) is 5.10 Å². The standard InChI is InChI=1S/C24H20F4N4O/c1-15-21-18(22(25)26)12-19(23(27)28)29-24(21)32(30-15)14-20(33)31(17-10-6-3-7-11-17)13-16-8-4-2-5-9-16/h2-12,22-23H,13-14H2,1H3. The van der Waals surface area contributed by atoms with Gasteiger partial charge in [-0.3, -0.25) is 4.79 Å². The van der Waals surface area contributed by atoms with Crippen molar-refractivity contribution in [2.24, 2.45) is 0 Å². The second kappa shape index (κ2) is 9.40. The summed E-state index contributed by atoms with van der Waals surface area (Å²) in [5.74, 6) is -0.391. The number of carbonyl (C=O) groups excluding carboxylic acids is 1. The van der Waals surface area contributed by atoms with Crippen LogP contribution in [0.15, 0.2) is 66.7 Å². The van der Waals surface area contributed by atoms with E-state index < -0.39 is 30.0 Å². The van der Waals surface area contributed by atoms with Crippen LogP contribution in [0.3, 0.4) is 0 Å². The summed E-state index contributed by atoms with van der Waals surface area (Å²) in [5, 5.41) is 4.17. The van der Waals surface area contributed by atoms with E-state index in [1.54, 1.807) is 24.3 Å². The van der Waals surface area contributed by atoms with Gasteiger partial charge in [0.2, 0.25) is 5.91 Å². The average Bonchev–Trinajstić information content (AvgIpc) is 3.13. The number of para-hydroxylation sites is 1. The minimum Gasteiger partial charge on any atom is -0.306 e. The molecule has 0 saturated carbocycles. The van der Waals surface area contributed by atoms with Crippen molar-refractivity contribution in [3.05, 3.63) is 89.2 Å². The maximum Gasteiger partial charge on any atom is 0.280 e. The first-order valence-corrected chi connectivity index (χ1v) is 10.2. The average molecular weight is 456 g/mol. The Kier molecular flexibility index (Phi) is 6.39. The molecule has 2 heterocycles. The highest BCUT2D eigenvalue weighted by molar-refractivity contribution is 5.94. The van der Waals surface area contributed by atoms with E-state index in [1.165, 1.54) is 11.8 Å². The van der Waals surface area contributed by atoms with Gasteiger partial charge in [-0.05, 0) is 30.7 Å². The van der Waals surface area contributed by atoms with Crippen molar-refractivity contribution in [2.45, 2.75) is 32.9 Å². The Morgan fingerprint density at radius 3 is 2.21 bits per heavy atom. The third kappa shape index (κ3) is 4.72. The fourth-order valence-electron chi connectivity index (χ4n) is 3.71. The normalized spacial score (nSPS) is 11.5. The fourth-order valence-corrected chi connectivity index (χ4v) is 3.71. The van der Waals surface area contributed by atoms with E-state index in [0.29, 0.717) is 11.8 Å². The topological polar surface area (TPSA) is 51.0 Å². The van der Waals surface area contributed by atoms with Crippen molar-refractivity contribution < 1.29 is 22.4 Å². The monoisotopic (exact) mass is 456 g/mol. The second-order valence-corrected chi connectivity index (χ2v) is 7.48. The summed E-state index contributed by atoms with van der Waals surface area (Å²) in [6, 6.07) is 19.0. The molecule has 0 fully saturated rings. The summed E-state index contributed by atoms with van der Waals surface area (Å²) in [7, 11) is 0. The number of fused-ring (bicyclic) bond motifs is 1. The number of alkyl halides is 4. The zero-order valence-electron chi connectivity index (χ0n) is 17.6. The molecule has 0 aliphatic carbocycles. The highest BCUT2D eigenvalue weighted by Gasteiger charge is 2.25. The van der Waals surface area contributed by atoms with Crippen LogP contribution in [0.25, 0.3) is 11.0 Å². The lowest BCUT2D eigenvalue weighted by atomic mass is 10.1. The Morgan fingerprint density at radius 1 is 0.970 bits per heavy atom. The van der Waals surface area contributed by atoms with Crippen LogP contribution in [0, 0.1) is 6.92 Å². The molecule has 0 atom stereocenters. The minimum absolute atomic E-state index is 0.0171. The number of aryl methyl sites for hydroxylation is 1. The van der Waals surface area contributed by atoms with Crippen LogP contribution >= 0.6 is 0 Å². The number of rotatable bonds is 7. The molecule has 33 heavy (non-hydrogen) atoms. The molecule has 2 aromatic heterocycles. The number of hydrogen-bond acceptors (Lipinski definition) is 3. The molecule has 4 rings (SSSR count). The Labute approximate surface area is 187 Å². The molecule has 9 heteroatoms. The number of carbonyl (C=O) groups is 1. The van der Waals surface area contributed by atoms with E-state index in [2.05, 4.69) is 10.1 Å². The van der Waals surface area contributed by atoms with Gasteiger partial charge in [0.15, 0.2) is 5.65 Å². The Hall–Kier alpha value is -3.75. The molecule has 1 amide bonds. The molecule has 0 radical (unpaired) electrons. The predicted molar refractivity (Wildman–Crippen MR) is 116 cm³/mol. The van der Waals surface area contributed by atoms with Gasteiger partial charge < -0.3 is 4.90 Å². The number of anilines is 1. The summed E-state index contributed by atoms with van der Waals surface area (Å²) < 4.78 is 55.0. The van der Waals surface area contributed by atoms with Crippen molar-refractivity contribution in [3.8, 4) is 0 Å². The third-order valence-electron chi connectivity index (χ3n) is 5.22. The first-order chi connectivity index (χ1) is 15.8. The molecule has 0 spiro atoms. The quantitative estimate of drug-likeness (QED) is 0.328. The maximum atomic E-state index is 13.6. The molecular weight excluding hydrogens is 436 g/mol. The fraction of sp³-hybridized carbons (Fsp3) is 0.208. The smallest absolute Gasteiger partial charge is 0.280 e. The molecular formula is C24H20F4N4O. The number of nitrogens with zero attached hydrogens (tertiary/aromatic N) is 4. The van der Waals surface area contributed by atoms with Gasteiger partial charge in [0.25, 0.3) is 12.9 Å². The molecule has 0 N–H and O–H groups in total. The van der Waals surface area contributed by atoms with Gasteiger partial charge in [-0.1, -0.05) is 48.5 Å². The van der Waals surface area contributed by atoms with E-state index in [0.717, 1.165) is 10.2 Å². The van der Waals surface area contributed by atoms with E-state index in [1.807, 2.05) is 36.4 Å². The van der Waals surface area contributed by atoms with E-state index in [9.17, 15) is 22.4 Å². The number of aromatic nitrogens is 3. The van der Waals surface area contributed by atoms with Crippen LogP contribution in [0.4, 0.5) is 23.2 Å². The summed E-state index contributed by atoms with van der Waals surface area (Å²) >= 11 is 0. The molecule has 170 valence electrons. The second-order valence-electron chi connectivity index (χ2n) is 7.48. The summed E-state index contributed by atoms with van der Waals surface area (Å²) in [6.07, 6.45) is -6.02. The highest BCUT2D eigenvalue weighted by Crippen LogP contribution is 2.32. The Morgan fingerprint density at radius 2 is 1.61 bits per heavy atom. The predicted octanol–water partition coefficient (Wildman–Crippen LogP) is 5.85.